The molecule has 2 heterocycles. The van der Waals surface area contributed by atoms with Gasteiger partial charge in [-0.15, -0.1) is 0 Å². The van der Waals surface area contributed by atoms with E-state index in [9.17, 15) is 14.4 Å². The maximum absolute atomic E-state index is 12.4. The first-order valence-electron chi connectivity index (χ1n) is 6.54. The van der Waals surface area contributed by atoms with Crippen LogP contribution in [0.5, 0.6) is 0 Å². The third-order valence-electron chi connectivity index (χ3n) is 3.78. The molecule has 0 saturated carbocycles. The minimum atomic E-state index is -0.555. The predicted octanol–water partition coefficient (Wildman–Crippen LogP) is 0.686. The van der Waals surface area contributed by atoms with Gasteiger partial charge in [0.1, 0.15) is 6.04 Å². The number of piperazine rings is 1. The Balaban J connectivity index is 1.89. The highest BCUT2D eigenvalue weighted by molar-refractivity contribution is 6.21. The zero-order chi connectivity index (χ0) is 14.3. The van der Waals surface area contributed by atoms with Gasteiger partial charge >= 0.3 is 6.03 Å². The quantitative estimate of drug-likeness (QED) is 0.707. The van der Waals surface area contributed by atoms with E-state index in [4.69, 9.17) is 0 Å². The van der Waals surface area contributed by atoms with Gasteiger partial charge in [-0.3, -0.25) is 9.59 Å². The number of urea groups is 1. The van der Waals surface area contributed by atoms with Crippen molar-refractivity contribution in [2.45, 2.75) is 13.0 Å². The van der Waals surface area contributed by atoms with Crippen LogP contribution in [-0.2, 0) is 9.59 Å². The summed E-state index contributed by atoms with van der Waals surface area (Å²) in [6.45, 7) is 2.64. The minimum absolute atomic E-state index is 0.0666. The molecule has 1 atom stereocenters. The Morgan fingerprint density at radius 1 is 1.15 bits per heavy atom. The van der Waals surface area contributed by atoms with Gasteiger partial charge in [0.25, 0.3) is 5.91 Å². The fourth-order valence-corrected chi connectivity index (χ4v) is 2.70. The molecule has 2 saturated heterocycles. The lowest BCUT2D eigenvalue weighted by Crippen LogP contribution is -2.54. The highest BCUT2D eigenvalue weighted by Gasteiger charge is 2.48. The number of hydrogen-bond acceptors (Lipinski definition) is 3. The van der Waals surface area contributed by atoms with Crippen LogP contribution in [0.25, 0.3) is 0 Å². The van der Waals surface area contributed by atoms with E-state index in [1.54, 1.807) is 34.1 Å². The monoisotopic (exact) mass is 273 g/mol. The first-order valence-corrected chi connectivity index (χ1v) is 6.54. The van der Waals surface area contributed by atoms with Crippen LogP contribution in [0.4, 0.5) is 10.5 Å². The number of anilines is 1. The lowest BCUT2D eigenvalue weighted by molar-refractivity contribution is -0.132. The van der Waals surface area contributed by atoms with E-state index >= 15 is 0 Å². The van der Waals surface area contributed by atoms with Crippen LogP contribution in [0.1, 0.15) is 6.92 Å². The molecule has 104 valence electrons. The fourth-order valence-electron chi connectivity index (χ4n) is 2.70. The zero-order valence-electron chi connectivity index (χ0n) is 11.2. The van der Waals surface area contributed by atoms with E-state index in [-0.39, 0.29) is 24.4 Å². The topological polar surface area (TPSA) is 60.9 Å². The number of imide groups is 1. The van der Waals surface area contributed by atoms with Crippen LogP contribution in [-0.4, -0.2) is 53.3 Å². The van der Waals surface area contributed by atoms with Crippen LogP contribution in [0, 0.1) is 0 Å². The van der Waals surface area contributed by atoms with Gasteiger partial charge in [-0.2, -0.15) is 0 Å². The SMILES string of the molecule is CC(=O)N1CCN2C(=O)N(c3ccccc3)C(=O)C2C1. The Hall–Kier alpha value is -2.37. The molecule has 1 aromatic carbocycles. The summed E-state index contributed by atoms with van der Waals surface area (Å²) in [4.78, 5) is 40.6. The second-order valence-electron chi connectivity index (χ2n) is 4.97. The molecule has 3 rings (SSSR count). The average Bonchev–Trinajstić information content (AvgIpc) is 2.71. The summed E-state index contributed by atoms with van der Waals surface area (Å²) < 4.78 is 0. The van der Waals surface area contributed by atoms with Gasteiger partial charge in [0.05, 0.1) is 12.2 Å². The van der Waals surface area contributed by atoms with Crippen LogP contribution < -0.4 is 4.90 Å². The number of para-hydroxylation sites is 1. The lowest BCUT2D eigenvalue weighted by Gasteiger charge is -2.34. The number of carbonyl (C=O) groups excluding carboxylic acids is 3. The molecule has 2 aliphatic rings. The Kier molecular flexibility index (Phi) is 2.93. The van der Waals surface area contributed by atoms with Crippen molar-refractivity contribution in [1.29, 1.82) is 0 Å². The summed E-state index contributed by atoms with van der Waals surface area (Å²) in [5, 5.41) is 0. The van der Waals surface area contributed by atoms with E-state index in [1.807, 2.05) is 6.07 Å². The summed E-state index contributed by atoms with van der Waals surface area (Å²) in [5.41, 5.74) is 0.575. The van der Waals surface area contributed by atoms with Crippen molar-refractivity contribution in [2.24, 2.45) is 0 Å². The summed E-state index contributed by atoms with van der Waals surface area (Å²) in [6.07, 6.45) is 0. The molecule has 0 aliphatic carbocycles. The number of rotatable bonds is 1. The van der Waals surface area contributed by atoms with Crippen molar-refractivity contribution >= 4 is 23.5 Å². The zero-order valence-corrected chi connectivity index (χ0v) is 11.2. The maximum Gasteiger partial charge on any atom is 0.332 e. The molecule has 2 aliphatic heterocycles. The third kappa shape index (κ3) is 1.84. The summed E-state index contributed by atoms with van der Waals surface area (Å²) in [7, 11) is 0. The van der Waals surface area contributed by atoms with Crippen molar-refractivity contribution in [2.75, 3.05) is 24.5 Å². The van der Waals surface area contributed by atoms with E-state index in [0.29, 0.717) is 18.8 Å². The van der Waals surface area contributed by atoms with E-state index in [1.165, 1.54) is 11.8 Å². The number of hydrogen-bond donors (Lipinski definition) is 0. The highest BCUT2D eigenvalue weighted by atomic mass is 16.2. The molecule has 0 spiro atoms. The van der Waals surface area contributed by atoms with Crippen molar-refractivity contribution < 1.29 is 14.4 Å². The van der Waals surface area contributed by atoms with Gasteiger partial charge in [-0.1, -0.05) is 18.2 Å². The molecule has 0 N–H and O–H groups in total. The van der Waals surface area contributed by atoms with Crippen LogP contribution >= 0.6 is 0 Å². The standard InChI is InChI=1S/C14H15N3O3/c1-10(18)15-7-8-16-12(9-15)13(19)17(14(16)20)11-5-3-2-4-6-11/h2-6,12H,7-9H2,1H3. The van der Waals surface area contributed by atoms with Crippen LogP contribution in [0.3, 0.4) is 0 Å². The van der Waals surface area contributed by atoms with Crippen LogP contribution in [0.2, 0.25) is 0 Å². The number of nitrogens with zero attached hydrogens (tertiary/aromatic N) is 3. The summed E-state index contributed by atoms with van der Waals surface area (Å²) in [6, 6.07) is 8.02. The molecule has 0 bridgehead atoms. The van der Waals surface area contributed by atoms with Gasteiger partial charge in [0, 0.05) is 20.0 Å². The average molecular weight is 273 g/mol. The van der Waals surface area contributed by atoms with Crippen molar-refractivity contribution in [3.8, 4) is 0 Å². The fraction of sp³-hybridized carbons (Fsp3) is 0.357. The van der Waals surface area contributed by atoms with Crippen molar-refractivity contribution in [3.63, 3.8) is 0 Å². The highest BCUT2D eigenvalue weighted by Crippen LogP contribution is 2.27. The van der Waals surface area contributed by atoms with Gasteiger partial charge in [-0.25, -0.2) is 9.69 Å². The molecule has 0 aromatic heterocycles. The largest absolute Gasteiger partial charge is 0.339 e. The molecule has 6 heteroatoms. The summed E-state index contributed by atoms with van der Waals surface area (Å²) in [5.74, 6) is -0.324. The number of fused-ring (bicyclic) bond motifs is 1. The number of carbonyl (C=O) groups is 3. The molecule has 4 amide bonds. The molecule has 1 unspecified atom stereocenters. The lowest BCUT2D eigenvalue weighted by atomic mass is 10.2. The van der Waals surface area contributed by atoms with Gasteiger partial charge in [-0.05, 0) is 12.1 Å². The first kappa shape index (κ1) is 12.7. The Labute approximate surface area is 116 Å². The van der Waals surface area contributed by atoms with E-state index < -0.39 is 6.04 Å². The van der Waals surface area contributed by atoms with Crippen molar-refractivity contribution in [1.82, 2.24) is 9.80 Å². The Bertz CT molecular complexity index is 572. The maximum atomic E-state index is 12.4. The molecule has 1 aromatic rings. The second kappa shape index (κ2) is 4.63. The minimum Gasteiger partial charge on any atom is -0.339 e. The normalized spacial score (nSPS) is 22.2. The smallest absolute Gasteiger partial charge is 0.332 e. The van der Waals surface area contributed by atoms with Gasteiger partial charge in [0.15, 0.2) is 0 Å². The summed E-state index contributed by atoms with van der Waals surface area (Å²) >= 11 is 0. The Morgan fingerprint density at radius 3 is 2.50 bits per heavy atom. The number of benzene rings is 1. The molecular formula is C14H15N3O3. The molecule has 0 radical (unpaired) electrons. The Morgan fingerprint density at radius 2 is 1.85 bits per heavy atom. The first-order chi connectivity index (χ1) is 9.59. The third-order valence-corrected chi connectivity index (χ3v) is 3.78. The van der Waals surface area contributed by atoms with Gasteiger partial charge < -0.3 is 9.80 Å². The van der Waals surface area contributed by atoms with E-state index in [2.05, 4.69) is 0 Å². The van der Waals surface area contributed by atoms with Crippen LogP contribution in [0.15, 0.2) is 30.3 Å². The van der Waals surface area contributed by atoms with Crippen molar-refractivity contribution in [3.05, 3.63) is 30.3 Å². The van der Waals surface area contributed by atoms with E-state index in [0.717, 1.165) is 0 Å². The molecular weight excluding hydrogens is 258 g/mol. The molecule has 20 heavy (non-hydrogen) atoms. The number of amides is 4. The van der Waals surface area contributed by atoms with Gasteiger partial charge in [0.2, 0.25) is 5.91 Å². The molecule has 2 fully saturated rings. The molecule has 6 nitrogen and oxygen atoms in total. The second-order valence-corrected chi connectivity index (χ2v) is 4.97. The predicted molar refractivity (Wildman–Crippen MR) is 72.1 cm³/mol.